The lowest BCUT2D eigenvalue weighted by Crippen LogP contribution is -2.25. The number of unbranched alkanes of at least 4 members (excludes halogenated alkanes) is 1. The zero-order chi connectivity index (χ0) is 12.3. The maximum absolute atomic E-state index is 8.12. The molecule has 0 atom stereocenters. The molecule has 0 spiro atoms. The fourth-order valence-corrected chi connectivity index (χ4v) is 2.27. The van der Waals surface area contributed by atoms with Gasteiger partial charge in [-0.1, -0.05) is 24.3 Å². The number of benzene rings is 1. The van der Waals surface area contributed by atoms with Crippen molar-refractivity contribution in [1.29, 1.82) is 5.41 Å². The van der Waals surface area contributed by atoms with E-state index in [1.807, 2.05) is 6.07 Å². The summed E-state index contributed by atoms with van der Waals surface area (Å²) in [7, 11) is 4.21. The standard InChI is InChI=1S/C14H21N3/c1-16(2)9-5-6-10-17-11-12-7-3-4-8-13(12)14(17)15/h3-4,7-8,15H,5-6,9-11H2,1-2H3. The molecule has 0 saturated heterocycles. The molecule has 1 aliphatic heterocycles. The summed E-state index contributed by atoms with van der Waals surface area (Å²) in [6.07, 6.45) is 2.36. The molecule has 17 heavy (non-hydrogen) atoms. The second-order valence-electron chi connectivity index (χ2n) is 4.94. The first-order chi connectivity index (χ1) is 8.18. The maximum Gasteiger partial charge on any atom is 0.128 e. The Morgan fingerprint density at radius 1 is 1.24 bits per heavy atom. The molecule has 3 nitrogen and oxygen atoms in total. The van der Waals surface area contributed by atoms with Crippen LogP contribution in [0.3, 0.4) is 0 Å². The molecule has 0 radical (unpaired) electrons. The summed E-state index contributed by atoms with van der Waals surface area (Å²) in [5.74, 6) is 0.699. The molecule has 2 rings (SSSR count). The first-order valence-electron chi connectivity index (χ1n) is 6.25. The predicted octanol–water partition coefficient (Wildman–Crippen LogP) is 2.17. The van der Waals surface area contributed by atoms with Gasteiger partial charge in [-0.15, -0.1) is 0 Å². The summed E-state index contributed by atoms with van der Waals surface area (Å²) in [5.41, 5.74) is 2.41. The van der Waals surface area contributed by atoms with Crippen molar-refractivity contribution in [2.24, 2.45) is 0 Å². The van der Waals surface area contributed by atoms with Crippen molar-refractivity contribution in [3.05, 3.63) is 35.4 Å². The molecule has 1 aromatic rings. The zero-order valence-electron chi connectivity index (χ0n) is 10.7. The maximum atomic E-state index is 8.12. The van der Waals surface area contributed by atoms with Crippen molar-refractivity contribution >= 4 is 5.84 Å². The molecule has 0 saturated carbocycles. The summed E-state index contributed by atoms with van der Waals surface area (Å²) in [6.45, 7) is 3.05. The van der Waals surface area contributed by atoms with Crippen molar-refractivity contribution in [3.8, 4) is 0 Å². The molecule has 1 heterocycles. The predicted molar refractivity (Wildman–Crippen MR) is 71.5 cm³/mol. The van der Waals surface area contributed by atoms with Gasteiger partial charge in [0.2, 0.25) is 0 Å². The van der Waals surface area contributed by atoms with E-state index in [0.29, 0.717) is 5.84 Å². The quantitative estimate of drug-likeness (QED) is 0.787. The summed E-state index contributed by atoms with van der Waals surface area (Å²) >= 11 is 0. The van der Waals surface area contributed by atoms with Crippen molar-refractivity contribution < 1.29 is 0 Å². The fraction of sp³-hybridized carbons (Fsp3) is 0.500. The largest absolute Gasteiger partial charge is 0.352 e. The van der Waals surface area contributed by atoms with Gasteiger partial charge in [0, 0.05) is 18.7 Å². The van der Waals surface area contributed by atoms with Crippen LogP contribution in [0.25, 0.3) is 0 Å². The first kappa shape index (κ1) is 12.1. The lowest BCUT2D eigenvalue weighted by Gasteiger charge is -2.18. The van der Waals surface area contributed by atoms with E-state index < -0.39 is 0 Å². The highest BCUT2D eigenvalue weighted by Gasteiger charge is 2.22. The first-order valence-corrected chi connectivity index (χ1v) is 6.25. The molecule has 3 heteroatoms. The van der Waals surface area contributed by atoms with E-state index in [9.17, 15) is 0 Å². The van der Waals surface area contributed by atoms with Crippen LogP contribution in [0.15, 0.2) is 24.3 Å². The molecule has 0 aromatic heterocycles. The highest BCUT2D eigenvalue weighted by Crippen LogP contribution is 2.22. The topological polar surface area (TPSA) is 30.3 Å². The molecule has 0 fully saturated rings. The number of rotatable bonds is 5. The van der Waals surface area contributed by atoms with Crippen molar-refractivity contribution in [1.82, 2.24) is 9.80 Å². The number of hydrogen-bond acceptors (Lipinski definition) is 2. The Morgan fingerprint density at radius 2 is 2.00 bits per heavy atom. The van der Waals surface area contributed by atoms with Crippen LogP contribution in [-0.2, 0) is 6.54 Å². The van der Waals surface area contributed by atoms with Crippen LogP contribution in [0, 0.1) is 5.41 Å². The Morgan fingerprint density at radius 3 is 2.71 bits per heavy atom. The van der Waals surface area contributed by atoms with E-state index in [4.69, 9.17) is 5.41 Å². The van der Waals surface area contributed by atoms with Gasteiger partial charge in [0.1, 0.15) is 5.84 Å². The molecule has 0 aliphatic carbocycles. The summed E-state index contributed by atoms with van der Waals surface area (Å²) in [5, 5.41) is 8.12. The molecule has 1 N–H and O–H groups in total. The fourth-order valence-electron chi connectivity index (χ4n) is 2.27. The number of nitrogens with one attached hydrogen (secondary N) is 1. The van der Waals surface area contributed by atoms with Crippen LogP contribution in [0.2, 0.25) is 0 Å². The second-order valence-corrected chi connectivity index (χ2v) is 4.94. The molecule has 0 unspecified atom stereocenters. The summed E-state index contributed by atoms with van der Waals surface area (Å²) in [6, 6.07) is 8.26. The molecule has 0 bridgehead atoms. The van der Waals surface area contributed by atoms with Gasteiger partial charge < -0.3 is 9.80 Å². The Hall–Kier alpha value is -1.35. The Balaban J connectivity index is 1.84. The van der Waals surface area contributed by atoms with Gasteiger partial charge in [-0.05, 0) is 39.0 Å². The van der Waals surface area contributed by atoms with E-state index in [0.717, 1.165) is 31.6 Å². The van der Waals surface area contributed by atoms with Crippen LogP contribution in [-0.4, -0.2) is 42.8 Å². The van der Waals surface area contributed by atoms with Crippen LogP contribution >= 0.6 is 0 Å². The highest BCUT2D eigenvalue weighted by molar-refractivity contribution is 6.00. The average Bonchev–Trinajstić information content (AvgIpc) is 2.63. The Labute approximate surface area is 104 Å². The molecular weight excluding hydrogens is 210 g/mol. The van der Waals surface area contributed by atoms with Crippen LogP contribution < -0.4 is 0 Å². The van der Waals surface area contributed by atoms with E-state index in [2.05, 4.69) is 42.1 Å². The minimum absolute atomic E-state index is 0.699. The molecule has 1 aromatic carbocycles. The average molecular weight is 231 g/mol. The van der Waals surface area contributed by atoms with Crippen molar-refractivity contribution in [2.75, 3.05) is 27.2 Å². The normalized spacial score (nSPS) is 14.5. The lowest BCUT2D eigenvalue weighted by molar-refractivity contribution is 0.362. The van der Waals surface area contributed by atoms with Gasteiger partial charge >= 0.3 is 0 Å². The van der Waals surface area contributed by atoms with Crippen LogP contribution in [0.5, 0.6) is 0 Å². The molecular formula is C14H21N3. The minimum Gasteiger partial charge on any atom is -0.352 e. The van der Waals surface area contributed by atoms with Crippen molar-refractivity contribution in [3.63, 3.8) is 0 Å². The SMILES string of the molecule is CN(C)CCCCN1Cc2ccccc2C1=N. The van der Waals surface area contributed by atoms with Gasteiger partial charge in [0.15, 0.2) is 0 Å². The van der Waals surface area contributed by atoms with E-state index in [1.165, 1.54) is 12.0 Å². The monoisotopic (exact) mass is 231 g/mol. The van der Waals surface area contributed by atoms with Crippen molar-refractivity contribution in [2.45, 2.75) is 19.4 Å². The van der Waals surface area contributed by atoms with Gasteiger partial charge in [-0.3, -0.25) is 5.41 Å². The van der Waals surface area contributed by atoms with Gasteiger partial charge in [-0.25, -0.2) is 0 Å². The van der Waals surface area contributed by atoms with Crippen LogP contribution in [0.1, 0.15) is 24.0 Å². The van der Waals surface area contributed by atoms with Gasteiger partial charge in [0.05, 0.1) is 0 Å². The third-order valence-electron chi connectivity index (χ3n) is 3.23. The minimum atomic E-state index is 0.699. The molecule has 92 valence electrons. The summed E-state index contributed by atoms with van der Waals surface area (Å²) < 4.78 is 0. The Kier molecular flexibility index (Phi) is 3.79. The number of fused-ring (bicyclic) bond motifs is 1. The Bertz CT molecular complexity index is 398. The smallest absolute Gasteiger partial charge is 0.128 e. The molecule has 1 aliphatic rings. The highest BCUT2D eigenvalue weighted by atomic mass is 15.2. The number of hydrogen-bond donors (Lipinski definition) is 1. The van der Waals surface area contributed by atoms with E-state index in [1.54, 1.807) is 0 Å². The third-order valence-corrected chi connectivity index (χ3v) is 3.23. The number of nitrogens with zero attached hydrogens (tertiary/aromatic N) is 2. The molecule has 0 amide bonds. The van der Waals surface area contributed by atoms with Gasteiger partial charge in [-0.2, -0.15) is 0 Å². The van der Waals surface area contributed by atoms with Crippen LogP contribution in [0.4, 0.5) is 0 Å². The van der Waals surface area contributed by atoms with E-state index in [-0.39, 0.29) is 0 Å². The lowest BCUT2D eigenvalue weighted by atomic mass is 10.1. The zero-order valence-corrected chi connectivity index (χ0v) is 10.7. The third kappa shape index (κ3) is 2.86. The second kappa shape index (κ2) is 5.32. The summed E-state index contributed by atoms with van der Waals surface area (Å²) in [4.78, 5) is 4.39. The van der Waals surface area contributed by atoms with E-state index >= 15 is 0 Å². The van der Waals surface area contributed by atoms with Gasteiger partial charge in [0.25, 0.3) is 0 Å². The number of amidine groups is 1.